The fourth-order valence-corrected chi connectivity index (χ4v) is 1.63. The first-order valence-electron chi connectivity index (χ1n) is 5.18. The van der Waals surface area contributed by atoms with Gasteiger partial charge in [0.15, 0.2) is 0 Å². The highest BCUT2D eigenvalue weighted by Gasteiger charge is 2.19. The minimum Gasteiger partial charge on any atom is -0.395 e. The molecule has 0 radical (unpaired) electrons. The maximum Gasteiger partial charge on any atom is 0.0619 e. The molecular weight excluding hydrogens is 166 g/mol. The summed E-state index contributed by atoms with van der Waals surface area (Å²) in [5.41, 5.74) is 0. The van der Waals surface area contributed by atoms with Crippen LogP contribution in [-0.2, 0) is 4.74 Å². The summed E-state index contributed by atoms with van der Waals surface area (Å²) >= 11 is 0. The second kappa shape index (κ2) is 5.58. The number of nitrogens with one attached hydrogen (secondary N) is 1. The van der Waals surface area contributed by atoms with E-state index in [-0.39, 0.29) is 12.6 Å². The number of aliphatic hydroxyl groups excluding tert-OH is 1. The molecule has 2 N–H and O–H groups in total. The van der Waals surface area contributed by atoms with Crippen molar-refractivity contribution in [2.75, 3.05) is 19.8 Å². The van der Waals surface area contributed by atoms with Gasteiger partial charge in [-0.15, -0.1) is 0 Å². The van der Waals surface area contributed by atoms with Crippen molar-refractivity contribution in [1.29, 1.82) is 0 Å². The summed E-state index contributed by atoms with van der Waals surface area (Å²) in [6.45, 7) is 6.15. The van der Waals surface area contributed by atoms with Crippen LogP contribution >= 0.6 is 0 Å². The van der Waals surface area contributed by atoms with E-state index in [9.17, 15) is 0 Å². The Hall–Kier alpha value is -0.120. The Morgan fingerprint density at radius 1 is 1.54 bits per heavy atom. The zero-order valence-electron chi connectivity index (χ0n) is 8.62. The summed E-state index contributed by atoms with van der Waals surface area (Å²) in [6.07, 6.45) is 2.30. The fourth-order valence-electron chi connectivity index (χ4n) is 1.63. The summed E-state index contributed by atoms with van der Waals surface area (Å²) in [4.78, 5) is 0. The first-order valence-corrected chi connectivity index (χ1v) is 5.18. The molecule has 0 spiro atoms. The van der Waals surface area contributed by atoms with Crippen LogP contribution in [0.15, 0.2) is 0 Å². The summed E-state index contributed by atoms with van der Waals surface area (Å²) < 4.78 is 5.36. The largest absolute Gasteiger partial charge is 0.395 e. The maximum absolute atomic E-state index is 9.12. The van der Waals surface area contributed by atoms with Crippen molar-refractivity contribution < 1.29 is 9.84 Å². The van der Waals surface area contributed by atoms with Gasteiger partial charge < -0.3 is 15.2 Å². The summed E-state index contributed by atoms with van der Waals surface area (Å²) in [6, 6.07) is 0.653. The SMILES string of the molecule is CC(C)[C@@H](CO)NC1CCCOC1. The predicted octanol–water partition coefficient (Wildman–Crippen LogP) is 0.772. The van der Waals surface area contributed by atoms with Crippen molar-refractivity contribution in [3.8, 4) is 0 Å². The topological polar surface area (TPSA) is 41.5 Å². The van der Waals surface area contributed by atoms with E-state index in [0.29, 0.717) is 12.0 Å². The summed E-state index contributed by atoms with van der Waals surface area (Å²) in [7, 11) is 0. The van der Waals surface area contributed by atoms with Crippen LogP contribution in [0.3, 0.4) is 0 Å². The average Bonchev–Trinajstić information content (AvgIpc) is 2.15. The molecule has 3 heteroatoms. The van der Waals surface area contributed by atoms with Crippen LogP contribution in [0, 0.1) is 5.92 Å². The Balaban J connectivity index is 2.27. The van der Waals surface area contributed by atoms with Gasteiger partial charge in [-0.25, -0.2) is 0 Å². The number of hydrogen-bond acceptors (Lipinski definition) is 3. The second-order valence-electron chi connectivity index (χ2n) is 4.11. The van der Waals surface area contributed by atoms with Crippen LogP contribution in [0.5, 0.6) is 0 Å². The number of rotatable bonds is 4. The van der Waals surface area contributed by atoms with Crippen LogP contribution in [0.25, 0.3) is 0 Å². The summed E-state index contributed by atoms with van der Waals surface area (Å²) in [5, 5.41) is 12.6. The number of aliphatic hydroxyl groups is 1. The van der Waals surface area contributed by atoms with E-state index in [4.69, 9.17) is 9.84 Å². The molecule has 0 bridgehead atoms. The van der Waals surface area contributed by atoms with Crippen LogP contribution in [-0.4, -0.2) is 37.0 Å². The molecule has 1 heterocycles. The highest BCUT2D eigenvalue weighted by Crippen LogP contribution is 2.09. The number of ether oxygens (including phenoxy) is 1. The Kier molecular flexibility index (Phi) is 4.70. The van der Waals surface area contributed by atoms with Gasteiger partial charge in [0.1, 0.15) is 0 Å². The molecule has 0 aromatic heterocycles. The lowest BCUT2D eigenvalue weighted by Gasteiger charge is -2.29. The van der Waals surface area contributed by atoms with Gasteiger partial charge in [0.2, 0.25) is 0 Å². The summed E-state index contributed by atoms with van der Waals surface area (Å²) in [5.74, 6) is 0.479. The van der Waals surface area contributed by atoms with Crippen LogP contribution < -0.4 is 5.32 Å². The highest BCUT2D eigenvalue weighted by atomic mass is 16.5. The molecule has 1 fully saturated rings. The molecule has 0 aromatic rings. The number of hydrogen-bond donors (Lipinski definition) is 2. The quantitative estimate of drug-likeness (QED) is 0.683. The van der Waals surface area contributed by atoms with Crippen molar-refractivity contribution in [1.82, 2.24) is 5.32 Å². The standard InChI is InChI=1S/C10H21NO2/c1-8(2)10(6-12)11-9-4-3-5-13-7-9/h8-12H,3-7H2,1-2H3/t9?,10-/m1/s1. The molecule has 78 valence electrons. The van der Waals surface area contributed by atoms with Crippen molar-refractivity contribution in [2.24, 2.45) is 5.92 Å². The van der Waals surface area contributed by atoms with E-state index in [1.807, 2.05) is 0 Å². The van der Waals surface area contributed by atoms with Crippen molar-refractivity contribution in [2.45, 2.75) is 38.8 Å². The Labute approximate surface area is 80.5 Å². The van der Waals surface area contributed by atoms with E-state index >= 15 is 0 Å². The maximum atomic E-state index is 9.12. The molecule has 1 unspecified atom stereocenters. The molecular formula is C10H21NO2. The van der Waals surface area contributed by atoms with E-state index in [1.54, 1.807) is 0 Å². The molecule has 1 rings (SSSR count). The van der Waals surface area contributed by atoms with Gasteiger partial charge in [0, 0.05) is 18.7 Å². The second-order valence-corrected chi connectivity index (χ2v) is 4.11. The Morgan fingerprint density at radius 2 is 2.31 bits per heavy atom. The molecule has 1 aliphatic heterocycles. The van der Waals surface area contributed by atoms with Gasteiger partial charge in [0.25, 0.3) is 0 Å². The van der Waals surface area contributed by atoms with Gasteiger partial charge in [-0.1, -0.05) is 13.8 Å². The molecule has 0 aliphatic carbocycles. The van der Waals surface area contributed by atoms with Crippen molar-refractivity contribution >= 4 is 0 Å². The van der Waals surface area contributed by atoms with Gasteiger partial charge in [0.05, 0.1) is 13.2 Å². The average molecular weight is 187 g/mol. The van der Waals surface area contributed by atoms with Gasteiger partial charge in [-0.05, 0) is 18.8 Å². The molecule has 1 saturated heterocycles. The normalized spacial score (nSPS) is 26.3. The first kappa shape index (κ1) is 11.0. The lowest BCUT2D eigenvalue weighted by atomic mass is 10.0. The smallest absolute Gasteiger partial charge is 0.0619 e. The van der Waals surface area contributed by atoms with Gasteiger partial charge in [-0.3, -0.25) is 0 Å². The van der Waals surface area contributed by atoms with Gasteiger partial charge >= 0.3 is 0 Å². The highest BCUT2D eigenvalue weighted by molar-refractivity contribution is 4.77. The fraction of sp³-hybridized carbons (Fsp3) is 1.00. The lowest BCUT2D eigenvalue weighted by Crippen LogP contribution is -2.47. The van der Waals surface area contributed by atoms with Crippen molar-refractivity contribution in [3.63, 3.8) is 0 Å². The Morgan fingerprint density at radius 3 is 2.77 bits per heavy atom. The lowest BCUT2D eigenvalue weighted by molar-refractivity contribution is 0.0586. The third kappa shape index (κ3) is 3.63. The molecule has 2 atom stereocenters. The minimum absolute atomic E-state index is 0.215. The third-order valence-electron chi connectivity index (χ3n) is 2.61. The molecule has 13 heavy (non-hydrogen) atoms. The van der Waals surface area contributed by atoms with Gasteiger partial charge in [-0.2, -0.15) is 0 Å². The zero-order valence-corrected chi connectivity index (χ0v) is 8.62. The van der Waals surface area contributed by atoms with Crippen LogP contribution in [0.4, 0.5) is 0 Å². The molecule has 1 aliphatic rings. The van der Waals surface area contributed by atoms with Crippen molar-refractivity contribution in [3.05, 3.63) is 0 Å². The molecule has 0 saturated carbocycles. The van der Waals surface area contributed by atoms with E-state index in [0.717, 1.165) is 19.6 Å². The molecule has 0 amide bonds. The van der Waals surface area contributed by atoms with E-state index in [2.05, 4.69) is 19.2 Å². The predicted molar refractivity (Wildman–Crippen MR) is 52.7 cm³/mol. The van der Waals surface area contributed by atoms with E-state index < -0.39 is 0 Å². The molecule has 0 aromatic carbocycles. The molecule has 3 nitrogen and oxygen atoms in total. The third-order valence-corrected chi connectivity index (χ3v) is 2.61. The monoisotopic (exact) mass is 187 g/mol. The Bertz CT molecular complexity index is 133. The minimum atomic E-state index is 0.215. The van der Waals surface area contributed by atoms with E-state index in [1.165, 1.54) is 6.42 Å². The van der Waals surface area contributed by atoms with Crippen LogP contribution in [0.1, 0.15) is 26.7 Å². The first-order chi connectivity index (χ1) is 6.24. The van der Waals surface area contributed by atoms with Crippen LogP contribution in [0.2, 0.25) is 0 Å². The zero-order chi connectivity index (χ0) is 9.68.